The van der Waals surface area contributed by atoms with E-state index in [2.05, 4.69) is 40.2 Å². The van der Waals surface area contributed by atoms with Crippen LogP contribution in [-0.4, -0.2) is 17.6 Å². The van der Waals surface area contributed by atoms with E-state index in [0.29, 0.717) is 12.2 Å². The summed E-state index contributed by atoms with van der Waals surface area (Å²) in [5.74, 6) is -0.338. The van der Waals surface area contributed by atoms with Gasteiger partial charge in [0.25, 0.3) is 0 Å². The number of hydrogen-bond acceptors (Lipinski definition) is 3. The summed E-state index contributed by atoms with van der Waals surface area (Å²) in [4.78, 5) is 17.3. The Hall–Kier alpha value is -2.98. The number of ether oxygens (including phenoxy) is 1. The Morgan fingerprint density at radius 3 is 2.29 bits per heavy atom. The normalized spacial score (nSPS) is 10.8. The minimum atomic E-state index is -0.338. The third-order valence-electron chi connectivity index (χ3n) is 4.55. The van der Waals surface area contributed by atoms with E-state index in [1.54, 1.807) is 6.92 Å². The molecule has 1 aromatic heterocycles. The minimum Gasteiger partial charge on any atom is -0.462 e. The molecule has 0 unspecified atom stereocenters. The quantitative estimate of drug-likeness (QED) is 0.345. The van der Waals surface area contributed by atoms with Gasteiger partial charge in [-0.3, -0.25) is 0 Å². The predicted molar refractivity (Wildman–Crippen MR) is 116 cm³/mol. The van der Waals surface area contributed by atoms with Crippen LogP contribution in [0.4, 0.5) is 0 Å². The number of halogens is 1. The van der Waals surface area contributed by atoms with Gasteiger partial charge in [-0.1, -0.05) is 70.5 Å². The summed E-state index contributed by atoms with van der Waals surface area (Å²) in [5.41, 5.74) is 5.29. The van der Waals surface area contributed by atoms with E-state index >= 15 is 0 Å². The maximum atomic E-state index is 12.5. The van der Waals surface area contributed by atoms with E-state index in [1.807, 2.05) is 54.6 Å². The maximum Gasteiger partial charge on any atom is 0.338 e. The summed E-state index contributed by atoms with van der Waals surface area (Å²) in [6.45, 7) is 2.14. The number of fused-ring (bicyclic) bond motifs is 1. The number of nitrogens with zero attached hydrogens (tertiary/aromatic N) is 1. The predicted octanol–water partition coefficient (Wildman–Crippen LogP) is 6.51. The Morgan fingerprint density at radius 2 is 1.57 bits per heavy atom. The van der Waals surface area contributed by atoms with Crippen LogP contribution in [0.1, 0.15) is 17.3 Å². The third-order valence-corrected chi connectivity index (χ3v) is 5.05. The molecule has 0 aliphatic rings. The molecule has 3 nitrogen and oxygen atoms in total. The SMILES string of the molecule is CCOC(=O)c1cc(-c2ccc(-c3ccccc3)cc2)nc2ccc(Br)cc12. The Balaban J connectivity index is 1.80. The van der Waals surface area contributed by atoms with Gasteiger partial charge in [-0.15, -0.1) is 0 Å². The number of pyridine rings is 1. The van der Waals surface area contributed by atoms with Crippen molar-refractivity contribution in [2.75, 3.05) is 6.61 Å². The topological polar surface area (TPSA) is 39.2 Å². The molecule has 0 saturated heterocycles. The molecule has 0 N–H and O–H groups in total. The minimum absolute atomic E-state index is 0.331. The fourth-order valence-corrected chi connectivity index (χ4v) is 3.55. The zero-order chi connectivity index (χ0) is 19.5. The lowest BCUT2D eigenvalue weighted by atomic mass is 10.0. The van der Waals surface area contributed by atoms with Gasteiger partial charge in [0, 0.05) is 15.4 Å². The number of aromatic nitrogens is 1. The molecule has 0 aliphatic carbocycles. The highest BCUT2D eigenvalue weighted by molar-refractivity contribution is 9.10. The van der Waals surface area contributed by atoms with Crippen molar-refractivity contribution in [1.29, 1.82) is 0 Å². The summed E-state index contributed by atoms with van der Waals surface area (Å²) in [7, 11) is 0. The summed E-state index contributed by atoms with van der Waals surface area (Å²) in [6.07, 6.45) is 0. The zero-order valence-corrected chi connectivity index (χ0v) is 16.9. The summed E-state index contributed by atoms with van der Waals surface area (Å²) >= 11 is 3.47. The Kier molecular flexibility index (Phi) is 5.22. The molecule has 0 aliphatic heterocycles. The Morgan fingerprint density at radius 1 is 0.893 bits per heavy atom. The summed E-state index contributed by atoms with van der Waals surface area (Å²) < 4.78 is 6.16. The highest BCUT2D eigenvalue weighted by atomic mass is 79.9. The second-order valence-corrected chi connectivity index (χ2v) is 7.30. The van der Waals surface area contributed by atoms with Gasteiger partial charge in [0.1, 0.15) is 0 Å². The molecule has 0 fully saturated rings. The fourth-order valence-electron chi connectivity index (χ4n) is 3.19. The van der Waals surface area contributed by atoms with Gasteiger partial charge in [-0.05, 0) is 42.3 Å². The van der Waals surface area contributed by atoms with Crippen LogP contribution in [0, 0.1) is 0 Å². The number of rotatable bonds is 4. The first-order valence-corrected chi connectivity index (χ1v) is 9.88. The molecular weight excluding hydrogens is 414 g/mol. The van der Waals surface area contributed by atoms with E-state index in [0.717, 1.165) is 37.8 Å². The number of carbonyl (C=O) groups excluding carboxylic acids is 1. The van der Waals surface area contributed by atoms with Crippen molar-refractivity contribution in [2.24, 2.45) is 0 Å². The number of hydrogen-bond donors (Lipinski definition) is 0. The fraction of sp³-hybridized carbons (Fsp3) is 0.0833. The molecular formula is C24H18BrNO2. The van der Waals surface area contributed by atoms with Crippen molar-refractivity contribution < 1.29 is 9.53 Å². The lowest BCUT2D eigenvalue weighted by molar-refractivity contribution is 0.0528. The summed E-state index contributed by atoms with van der Waals surface area (Å²) in [5, 5.41) is 0.775. The second-order valence-electron chi connectivity index (χ2n) is 6.38. The molecule has 3 aromatic carbocycles. The first-order valence-electron chi connectivity index (χ1n) is 9.09. The number of esters is 1. The molecule has 0 bridgehead atoms. The highest BCUT2D eigenvalue weighted by Crippen LogP contribution is 2.29. The van der Waals surface area contributed by atoms with Crippen molar-refractivity contribution in [3.8, 4) is 22.4 Å². The van der Waals surface area contributed by atoms with Crippen LogP contribution < -0.4 is 0 Å². The van der Waals surface area contributed by atoms with Gasteiger partial charge >= 0.3 is 5.97 Å². The molecule has 4 heteroatoms. The molecule has 4 aromatic rings. The van der Waals surface area contributed by atoms with Crippen LogP contribution in [0.25, 0.3) is 33.3 Å². The molecule has 0 saturated carbocycles. The van der Waals surface area contributed by atoms with E-state index in [-0.39, 0.29) is 5.97 Å². The number of carbonyl (C=O) groups is 1. The van der Waals surface area contributed by atoms with E-state index < -0.39 is 0 Å². The van der Waals surface area contributed by atoms with E-state index in [4.69, 9.17) is 9.72 Å². The van der Waals surface area contributed by atoms with Crippen LogP contribution in [0.3, 0.4) is 0 Å². The third kappa shape index (κ3) is 3.69. The average Bonchev–Trinajstić information content (AvgIpc) is 2.74. The molecule has 4 rings (SSSR count). The smallest absolute Gasteiger partial charge is 0.338 e. The molecule has 1 heterocycles. The Labute approximate surface area is 172 Å². The molecule has 0 spiro atoms. The van der Waals surface area contributed by atoms with Crippen molar-refractivity contribution in [3.05, 3.63) is 88.9 Å². The molecule has 138 valence electrons. The lowest BCUT2D eigenvalue weighted by Crippen LogP contribution is -2.06. The molecule has 0 atom stereocenters. The van der Waals surface area contributed by atoms with Crippen molar-refractivity contribution in [1.82, 2.24) is 4.98 Å². The van der Waals surface area contributed by atoms with Crippen molar-refractivity contribution >= 4 is 32.8 Å². The maximum absolute atomic E-state index is 12.5. The van der Waals surface area contributed by atoms with E-state index in [9.17, 15) is 4.79 Å². The Bertz CT molecular complexity index is 1140. The first-order chi connectivity index (χ1) is 13.7. The van der Waals surface area contributed by atoms with Crippen LogP contribution in [0.2, 0.25) is 0 Å². The molecule has 28 heavy (non-hydrogen) atoms. The van der Waals surface area contributed by atoms with Crippen LogP contribution in [0.15, 0.2) is 83.3 Å². The first kappa shape index (κ1) is 18.4. The van der Waals surface area contributed by atoms with Crippen LogP contribution >= 0.6 is 15.9 Å². The van der Waals surface area contributed by atoms with Gasteiger partial charge in [-0.25, -0.2) is 9.78 Å². The molecule has 0 radical (unpaired) electrons. The van der Waals surface area contributed by atoms with Gasteiger partial charge in [0.05, 0.1) is 23.4 Å². The largest absolute Gasteiger partial charge is 0.462 e. The zero-order valence-electron chi connectivity index (χ0n) is 15.4. The van der Waals surface area contributed by atoms with Gasteiger partial charge in [-0.2, -0.15) is 0 Å². The van der Waals surface area contributed by atoms with E-state index in [1.165, 1.54) is 0 Å². The van der Waals surface area contributed by atoms with Crippen LogP contribution in [-0.2, 0) is 4.74 Å². The highest BCUT2D eigenvalue weighted by Gasteiger charge is 2.15. The van der Waals surface area contributed by atoms with Gasteiger partial charge < -0.3 is 4.74 Å². The van der Waals surface area contributed by atoms with Gasteiger partial charge in [0.15, 0.2) is 0 Å². The average molecular weight is 432 g/mol. The standard InChI is InChI=1S/C24H18BrNO2/c1-2-28-24(27)21-15-23(26-22-13-12-19(25)14-20(21)22)18-10-8-17(9-11-18)16-6-4-3-5-7-16/h3-15H,2H2,1H3. The van der Waals surface area contributed by atoms with Crippen molar-refractivity contribution in [3.63, 3.8) is 0 Å². The molecule has 0 amide bonds. The van der Waals surface area contributed by atoms with Crippen molar-refractivity contribution in [2.45, 2.75) is 6.92 Å². The second kappa shape index (κ2) is 7.95. The summed E-state index contributed by atoms with van der Waals surface area (Å²) in [6, 6.07) is 26.0. The lowest BCUT2D eigenvalue weighted by Gasteiger charge is -2.10. The number of benzene rings is 3. The monoisotopic (exact) mass is 431 g/mol. The van der Waals surface area contributed by atoms with Gasteiger partial charge in [0.2, 0.25) is 0 Å². The van der Waals surface area contributed by atoms with Crippen LogP contribution in [0.5, 0.6) is 0 Å².